The van der Waals surface area contributed by atoms with E-state index in [1.54, 1.807) is 0 Å². The Morgan fingerprint density at radius 1 is 1.38 bits per heavy atom. The minimum absolute atomic E-state index is 0.137. The topological polar surface area (TPSA) is 66.4 Å². The first-order valence-corrected chi connectivity index (χ1v) is 6.91. The Bertz CT molecular complexity index is 228. The largest absolute Gasteiger partial charge is 0.394 e. The first kappa shape index (κ1) is 13.4. The first-order chi connectivity index (χ1) is 5.95. The normalized spacial score (nSPS) is 13.2. The lowest BCUT2D eigenvalue weighted by Gasteiger charge is -2.29. The molecule has 0 atom stereocenters. The summed E-state index contributed by atoms with van der Waals surface area (Å²) >= 11 is 2.88. The van der Waals surface area contributed by atoms with E-state index < -0.39 is 15.6 Å². The SMILES string of the molecule is CCC(CC)(CO)NS(=O)(=O)CBr. The number of sulfonamides is 1. The van der Waals surface area contributed by atoms with E-state index >= 15 is 0 Å². The maximum atomic E-state index is 11.2. The molecule has 0 unspecified atom stereocenters. The van der Waals surface area contributed by atoms with Crippen molar-refractivity contribution in [1.29, 1.82) is 0 Å². The van der Waals surface area contributed by atoms with Gasteiger partial charge in [0.15, 0.2) is 0 Å². The van der Waals surface area contributed by atoms with Crippen molar-refractivity contribution in [2.24, 2.45) is 0 Å². The number of aliphatic hydroxyl groups excluding tert-OH is 1. The molecule has 0 heterocycles. The third kappa shape index (κ3) is 3.93. The highest BCUT2D eigenvalue weighted by atomic mass is 79.9. The van der Waals surface area contributed by atoms with Crippen molar-refractivity contribution in [3.05, 3.63) is 0 Å². The Labute approximate surface area is 87.9 Å². The van der Waals surface area contributed by atoms with E-state index in [-0.39, 0.29) is 11.3 Å². The van der Waals surface area contributed by atoms with Crippen LogP contribution in [0.4, 0.5) is 0 Å². The molecular formula is C7H16BrNO3S. The fourth-order valence-corrected chi connectivity index (χ4v) is 2.42. The quantitative estimate of drug-likeness (QED) is 0.704. The number of nitrogens with one attached hydrogen (secondary N) is 1. The molecule has 0 radical (unpaired) electrons. The molecule has 0 rings (SSSR count). The Morgan fingerprint density at radius 2 is 1.85 bits per heavy atom. The smallest absolute Gasteiger partial charge is 0.222 e. The number of aliphatic hydroxyl groups is 1. The highest BCUT2D eigenvalue weighted by Gasteiger charge is 2.29. The van der Waals surface area contributed by atoms with Crippen LogP contribution in [0.3, 0.4) is 0 Å². The summed E-state index contributed by atoms with van der Waals surface area (Å²) in [7, 11) is -3.31. The van der Waals surface area contributed by atoms with Crippen LogP contribution in [0.5, 0.6) is 0 Å². The van der Waals surface area contributed by atoms with E-state index in [1.165, 1.54) is 0 Å². The molecule has 0 aromatic rings. The van der Waals surface area contributed by atoms with Crippen LogP contribution in [-0.2, 0) is 10.0 Å². The van der Waals surface area contributed by atoms with Gasteiger partial charge in [0.25, 0.3) is 0 Å². The number of hydrogen-bond acceptors (Lipinski definition) is 3. The molecule has 0 fully saturated rings. The lowest BCUT2D eigenvalue weighted by molar-refractivity contribution is 0.172. The molecule has 4 nitrogen and oxygen atoms in total. The summed E-state index contributed by atoms with van der Waals surface area (Å²) < 4.78 is 24.8. The minimum atomic E-state index is -3.31. The van der Waals surface area contributed by atoms with Gasteiger partial charge in [-0.1, -0.05) is 29.8 Å². The zero-order valence-electron chi connectivity index (χ0n) is 7.88. The fourth-order valence-electron chi connectivity index (χ4n) is 1.01. The van der Waals surface area contributed by atoms with Crippen molar-refractivity contribution < 1.29 is 13.5 Å². The Morgan fingerprint density at radius 3 is 2.08 bits per heavy atom. The van der Waals surface area contributed by atoms with Gasteiger partial charge in [-0.25, -0.2) is 13.1 Å². The van der Waals surface area contributed by atoms with Crippen LogP contribution < -0.4 is 4.72 Å². The number of alkyl halides is 1. The van der Waals surface area contributed by atoms with Crippen molar-refractivity contribution in [1.82, 2.24) is 4.72 Å². The third-order valence-corrected chi connectivity index (χ3v) is 5.01. The lowest BCUT2D eigenvalue weighted by atomic mass is 9.96. The summed E-state index contributed by atoms with van der Waals surface area (Å²) in [5.74, 6) is 0. The fraction of sp³-hybridized carbons (Fsp3) is 1.00. The summed E-state index contributed by atoms with van der Waals surface area (Å²) in [5.41, 5.74) is -0.702. The first-order valence-electron chi connectivity index (χ1n) is 4.13. The lowest BCUT2D eigenvalue weighted by Crippen LogP contribution is -2.50. The van der Waals surface area contributed by atoms with E-state index in [1.807, 2.05) is 13.8 Å². The van der Waals surface area contributed by atoms with Gasteiger partial charge >= 0.3 is 0 Å². The van der Waals surface area contributed by atoms with E-state index in [2.05, 4.69) is 20.7 Å². The summed E-state index contributed by atoms with van der Waals surface area (Å²) in [6.45, 7) is 3.51. The number of rotatable bonds is 6. The Balaban J connectivity index is 4.61. The summed E-state index contributed by atoms with van der Waals surface area (Å²) in [6.07, 6.45) is 1.15. The van der Waals surface area contributed by atoms with Crippen LogP contribution in [0.15, 0.2) is 0 Å². The van der Waals surface area contributed by atoms with Gasteiger partial charge in [-0.2, -0.15) is 0 Å². The highest BCUT2D eigenvalue weighted by molar-refractivity contribution is 9.10. The van der Waals surface area contributed by atoms with E-state index in [4.69, 9.17) is 5.11 Å². The Hall–Kier alpha value is 0.350. The minimum Gasteiger partial charge on any atom is -0.394 e. The second-order valence-electron chi connectivity index (χ2n) is 2.97. The molecule has 0 saturated heterocycles. The molecule has 0 aliphatic heterocycles. The van der Waals surface area contributed by atoms with Gasteiger partial charge in [0.2, 0.25) is 10.0 Å². The van der Waals surface area contributed by atoms with Gasteiger partial charge in [-0.15, -0.1) is 0 Å². The molecule has 13 heavy (non-hydrogen) atoms. The molecule has 0 aromatic heterocycles. The zero-order valence-corrected chi connectivity index (χ0v) is 10.3. The predicted octanol–water partition coefficient (Wildman–Crippen LogP) is 0.809. The molecule has 0 spiro atoms. The van der Waals surface area contributed by atoms with Crippen molar-refractivity contribution in [3.8, 4) is 0 Å². The zero-order chi connectivity index (χ0) is 10.5. The molecule has 2 N–H and O–H groups in total. The van der Waals surface area contributed by atoms with Crippen molar-refractivity contribution in [3.63, 3.8) is 0 Å². The van der Waals surface area contributed by atoms with Crippen LogP contribution in [0.25, 0.3) is 0 Å². The Kier molecular flexibility index (Phi) is 5.43. The molecule has 80 valence electrons. The maximum Gasteiger partial charge on any atom is 0.222 e. The van der Waals surface area contributed by atoms with Gasteiger partial charge in [-0.3, -0.25) is 0 Å². The van der Waals surface area contributed by atoms with Crippen molar-refractivity contribution in [2.75, 3.05) is 11.3 Å². The van der Waals surface area contributed by atoms with Gasteiger partial charge in [0.1, 0.15) is 4.66 Å². The average Bonchev–Trinajstić information content (AvgIpc) is 2.14. The van der Waals surface area contributed by atoms with Gasteiger partial charge < -0.3 is 5.11 Å². The molecule has 0 aliphatic carbocycles. The summed E-state index contributed by atoms with van der Waals surface area (Å²) in [6, 6.07) is 0. The molecule has 0 aromatic carbocycles. The second kappa shape index (κ2) is 5.29. The number of halogens is 1. The monoisotopic (exact) mass is 273 g/mol. The van der Waals surface area contributed by atoms with Gasteiger partial charge in [0.05, 0.1) is 12.1 Å². The van der Waals surface area contributed by atoms with Crippen LogP contribution >= 0.6 is 15.9 Å². The second-order valence-corrected chi connectivity index (χ2v) is 6.00. The van der Waals surface area contributed by atoms with Gasteiger partial charge in [0, 0.05) is 0 Å². The van der Waals surface area contributed by atoms with Crippen LogP contribution in [0.1, 0.15) is 26.7 Å². The van der Waals surface area contributed by atoms with E-state index in [9.17, 15) is 8.42 Å². The van der Waals surface area contributed by atoms with Gasteiger partial charge in [-0.05, 0) is 12.8 Å². The molecule has 0 saturated carbocycles. The van der Waals surface area contributed by atoms with E-state index in [0.29, 0.717) is 12.8 Å². The number of hydrogen-bond donors (Lipinski definition) is 2. The van der Waals surface area contributed by atoms with Crippen LogP contribution in [0, 0.1) is 0 Å². The third-order valence-electron chi connectivity index (χ3n) is 2.17. The van der Waals surface area contributed by atoms with Crippen LogP contribution in [0.2, 0.25) is 0 Å². The summed E-state index contributed by atoms with van der Waals surface area (Å²) in [5, 5.41) is 9.09. The predicted molar refractivity (Wildman–Crippen MR) is 56.2 cm³/mol. The molecule has 0 bridgehead atoms. The summed E-state index contributed by atoms with van der Waals surface area (Å²) in [4.78, 5) is 0. The molecule has 6 heteroatoms. The standard InChI is InChI=1S/C7H16BrNO3S/c1-3-7(4-2,5-10)9-13(11,12)6-8/h9-10H,3-6H2,1-2H3. The average molecular weight is 274 g/mol. The van der Waals surface area contributed by atoms with Crippen LogP contribution in [-0.4, -0.2) is 30.3 Å². The molecule has 0 aliphatic rings. The highest BCUT2D eigenvalue weighted by Crippen LogP contribution is 2.15. The van der Waals surface area contributed by atoms with Crippen molar-refractivity contribution >= 4 is 26.0 Å². The van der Waals surface area contributed by atoms with Crippen molar-refractivity contribution in [2.45, 2.75) is 32.2 Å². The van der Waals surface area contributed by atoms with E-state index in [0.717, 1.165) is 0 Å². The molecule has 0 amide bonds. The molecular weight excluding hydrogens is 258 g/mol. The maximum absolute atomic E-state index is 11.2.